The van der Waals surface area contributed by atoms with Crippen LogP contribution in [0, 0.1) is 0 Å². The average molecular weight is 273 g/mol. The van der Waals surface area contributed by atoms with Gasteiger partial charge in [-0.2, -0.15) is 0 Å². The summed E-state index contributed by atoms with van der Waals surface area (Å²) in [4.78, 5) is 16.2. The first-order valence-corrected chi connectivity index (χ1v) is 7.24. The van der Waals surface area contributed by atoms with Crippen molar-refractivity contribution in [1.82, 2.24) is 10.3 Å². The highest BCUT2D eigenvalue weighted by atomic mass is 32.1. The molecule has 4 nitrogen and oxygen atoms in total. The van der Waals surface area contributed by atoms with Gasteiger partial charge in [0.15, 0.2) is 0 Å². The predicted molar refractivity (Wildman–Crippen MR) is 76.8 cm³/mol. The number of anilines is 1. The number of carbonyl (C=O) groups is 1. The first kappa shape index (κ1) is 12.2. The van der Waals surface area contributed by atoms with E-state index in [1.807, 2.05) is 23.6 Å². The number of fused-ring (bicyclic) bond motifs is 1. The summed E-state index contributed by atoms with van der Waals surface area (Å²) in [5.41, 5.74) is 3.10. The van der Waals surface area contributed by atoms with Gasteiger partial charge in [-0.15, -0.1) is 11.3 Å². The highest BCUT2D eigenvalue weighted by molar-refractivity contribution is 7.09. The monoisotopic (exact) mass is 273 g/mol. The van der Waals surface area contributed by atoms with Gasteiger partial charge in [-0.25, -0.2) is 4.98 Å². The van der Waals surface area contributed by atoms with Crippen LogP contribution in [0.2, 0.25) is 0 Å². The maximum absolute atomic E-state index is 12.0. The van der Waals surface area contributed by atoms with Crippen LogP contribution < -0.4 is 10.6 Å². The second-order valence-electron chi connectivity index (χ2n) is 4.48. The number of hydrogen-bond acceptors (Lipinski definition) is 4. The van der Waals surface area contributed by atoms with Gasteiger partial charge >= 0.3 is 0 Å². The van der Waals surface area contributed by atoms with Crippen LogP contribution in [0.5, 0.6) is 0 Å². The van der Waals surface area contributed by atoms with Crippen molar-refractivity contribution in [3.63, 3.8) is 0 Å². The third-order valence-corrected chi connectivity index (χ3v) is 4.03. The number of thiazole rings is 1. The molecule has 19 heavy (non-hydrogen) atoms. The number of aromatic nitrogens is 1. The van der Waals surface area contributed by atoms with Gasteiger partial charge in [0.05, 0.1) is 5.01 Å². The van der Waals surface area contributed by atoms with E-state index in [1.165, 1.54) is 5.56 Å². The minimum absolute atomic E-state index is 0.0203. The van der Waals surface area contributed by atoms with Crippen molar-refractivity contribution >= 4 is 22.9 Å². The second kappa shape index (κ2) is 5.40. The number of carbonyl (C=O) groups excluding carboxylic acids is 1. The summed E-state index contributed by atoms with van der Waals surface area (Å²) in [5.74, 6) is -0.0203. The van der Waals surface area contributed by atoms with Crippen molar-refractivity contribution in [2.24, 2.45) is 0 Å². The second-order valence-corrected chi connectivity index (χ2v) is 5.46. The Morgan fingerprint density at radius 3 is 3.26 bits per heavy atom. The summed E-state index contributed by atoms with van der Waals surface area (Å²) in [7, 11) is 0. The van der Waals surface area contributed by atoms with E-state index in [4.69, 9.17) is 0 Å². The number of rotatable bonds is 4. The van der Waals surface area contributed by atoms with Gasteiger partial charge in [0.1, 0.15) is 0 Å². The fourth-order valence-electron chi connectivity index (χ4n) is 2.19. The fourth-order valence-corrected chi connectivity index (χ4v) is 2.81. The molecule has 1 aliphatic heterocycles. The lowest BCUT2D eigenvalue weighted by Crippen LogP contribution is -2.25. The molecule has 0 saturated carbocycles. The average Bonchev–Trinajstić information content (AvgIpc) is 3.08. The summed E-state index contributed by atoms with van der Waals surface area (Å²) in [6.07, 6.45) is 3.61. The highest BCUT2D eigenvalue weighted by Gasteiger charge is 2.13. The van der Waals surface area contributed by atoms with Gasteiger partial charge < -0.3 is 10.6 Å². The summed E-state index contributed by atoms with van der Waals surface area (Å²) in [6.45, 7) is 1.58. The standard InChI is InChI=1S/C14H15N3OS/c18-14(17-6-4-13-16-7-8-19-13)11-2-1-10-3-5-15-12(10)9-11/h1-2,7-9,15H,3-6H2,(H,17,18). The lowest BCUT2D eigenvalue weighted by Gasteiger charge is -2.06. The number of nitrogens with one attached hydrogen (secondary N) is 2. The molecule has 3 rings (SSSR count). The molecule has 0 unspecified atom stereocenters. The van der Waals surface area contributed by atoms with E-state index in [0.717, 1.165) is 30.1 Å². The molecule has 1 aliphatic rings. The summed E-state index contributed by atoms with van der Waals surface area (Å²) in [5, 5.41) is 9.21. The molecular weight excluding hydrogens is 258 g/mol. The molecule has 1 amide bonds. The van der Waals surface area contributed by atoms with Gasteiger partial charge in [-0.05, 0) is 24.1 Å². The molecule has 98 valence electrons. The Balaban J connectivity index is 1.58. The molecule has 0 spiro atoms. The molecule has 0 aliphatic carbocycles. The largest absolute Gasteiger partial charge is 0.384 e. The quantitative estimate of drug-likeness (QED) is 0.897. The summed E-state index contributed by atoms with van der Waals surface area (Å²) in [6, 6.07) is 5.86. The number of nitrogens with zero attached hydrogens (tertiary/aromatic N) is 1. The van der Waals surface area contributed by atoms with Gasteiger partial charge in [0.2, 0.25) is 0 Å². The van der Waals surface area contributed by atoms with Crippen LogP contribution in [0.25, 0.3) is 0 Å². The number of hydrogen-bond donors (Lipinski definition) is 2. The molecular formula is C14H15N3OS. The Morgan fingerprint density at radius 1 is 1.47 bits per heavy atom. The minimum atomic E-state index is -0.0203. The Bertz CT molecular complexity index is 580. The molecule has 1 aromatic heterocycles. The van der Waals surface area contributed by atoms with E-state index < -0.39 is 0 Å². The molecule has 0 radical (unpaired) electrons. The molecule has 0 saturated heterocycles. The molecule has 2 aromatic rings. The van der Waals surface area contributed by atoms with Crippen molar-refractivity contribution in [2.75, 3.05) is 18.4 Å². The van der Waals surface area contributed by atoms with E-state index in [1.54, 1.807) is 17.5 Å². The van der Waals surface area contributed by atoms with Crippen LogP contribution in [0.15, 0.2) is 29.8 Å². The maximum Gasteiger partial charge on any atom is 0.251 e. The normalized spacial score (nSPS) is 12.8. The van der Waals surface area contributed by atoms with Crippen molar-refractivity contribution in [3.8, 4) is 0 Å². The van der Waals surface area contributed by atoms with E-state index >= 15 is 0 Å². The van der Waals surface area contributed by atoms with E-state index in [-0.39, 0.29) is 5.91 Å². The van der Waals surface area contributed by atoms with Gasteiger partial charge in [0, 0.05) is 42.3 Å². The minimum Gasteiger partial charge on any atom is -0.384 e. The zero-order chi connectivity index (χ0) is 13.1. The molecule has 2 N–H and O–H groups in total. The van der Waals surface area contributed by atoms with Crippen LogP contribution in [0.4, 0.5) is 5.69 Å². The van der Waals surface area contributed by atoms with Gasteiger partial charge in [-0.3, -0.25) is 4.79 Å². The van der Waals surface area contributed by atoms with Crippen molar-refractivity contribution in [1.29, 1.82) is 0 Å². The van der Waals surface area contributed by atoms with Crippen LogP contribution >= 0.6 is 11.3 Å². The summed E-state index contributed by atoms with van der Waals surface area (Å²) >= 11 is 1.61. The van der Waals surface area contributed by atoms with Crippen LogP contribution in [-0.4, -0.2) is 24.0 Å². The molecule has 0 fully saturated rings. The highest BCUT2D eigenvalue weighted by Crippen LogP contribution is 2.23. The Morgan fingerprint density at radius 2 is 2.42 bits per heavy atom. The first-order valence-electron chi connectivity index (χ1n) is 6.36. The molecule has 2 heterocycles. The fraction of sp³-hybridized carbons (Fsp3) is 0.286. The predicted octanol–water partition coefficient (Wildman–Crippen LogP) is 2.08. The van der Waals surface area contributed by atoms with Crippen LogP contribution in [0.3, 0.4) is 0 Å². The Hall–Kier alpha value is -1.88. The smallest absolute Gasteiger partial charge is 0.251 e. The topological polar surface area (TPSA) is 54.0 Å². The zero-order valence-corrected chi connectivity index (χ0v) is 11.3. The van der Waals surface area contributed by atoms with Gasteiger partial charge in [-0.1, -0.05) is 6.07 Å². The third-order valence-electron chi connectivity index (χ3n) is 3.19. The maximum atomic E-state index is 12.0. The van der Waals surface area contributed by atoms with Crippen molar-refractivity contribution in [2.45, 2.75) is 12.8 Å². The molecule has 0 bridgehead atoms. The lowest BCUT2D eigenvalue weighted by molar-refractivity contribution is 0.0954. The van der Waals surface area contributed by atoms with Gasteiger partial charge in [0.25, 0.3) is 5.91 Å². The molecule has 1 aromatic carbocycles. The van der Waals surface area contributed by atoms with Crippen LogP contribution in [0.1, 0.15) is 20.9 Å². The molecule has 5 heteroatoms. The first-order chi connectivity index (χ1) is 9.33. The van der Waals surface area contributed by atoms with Crippen LogP contribution in [-0.2, 0) is 12.8 Å². The van der Waals surface area contributed by atoms with E-state index in [9.17, 15) is 4.79 Å². The zero-order valence-electron chi connectivity index (χ0n) is 10.5. The van der Waals surface area contributed by atoms with Crippen molar-refractivity contribution < 1.29 is 4.79 Å². The van der Waals surface area contributed by atoms with E-state index in [0.29, 0.717) is 12.1 Å². The van der Waals surface area contributed by atoms with Crippen molar-refractivity contribution in [3.05, 3.63) is 45.9 Å². The Kier molecular flexibility index (Phi) is 3.46. The number of amides is 1. The lowest BCUT2D eigenvalue weighted by atomic mass is 10.1. The summed E-state index contributed by atoms with van der Waals surface area (Å²) < 4.78 is 0. The molecule has 0 atom stereocenters. The number of benzene rings is 1. The SMILES string of the molecule is O=C(NCCc1nccs1)c1ccc2c(c1)NCC2. The third kappa shape index (κ3) is 2.76. The Labute approximate surface area is 115 Å². The van der Waals surface area contributed by atoms with E-state index in [2.05, 4.69) is 15.6 Å².